The average Bonchev–Trinajstić information content (AvgIpc) is 2.76. The monoisotopic (exact) mass is 331 g/mol. The summed E-state index contributed by atoms with van der Waals surface area (Å²) in [4.78, 5) is 0.287. The molecule has 6 heteroatoms. The molecule has 1 heterocycles. The second-order valence-electron chi connectivity index (χ2n) is 3.41. The Labute approximate surface area is 112 Å². The summed E-state index contributed by atoms with van der Waals surface area (Å²) in [7, 11) is -3.42. The van der Waals surface area contributed by atoms with Crippen LogP contribution in [0.3, 0.4) is 0 Å². The normalized spacial score (nSPS) is 11.6. The van der Waals surface area contributed by atoms with Crippen molar-refractivity contribution in [2.75, 3.05) is 0 Å². The van der Waals surface area contributed by atoms with Gasteiger partial charge in [0.15, 0.2) is 0 Å². The lowest BCUT2D eigenvalue weighted by Gasteiger charge is -2.03. The van der Waals surface area contributed by atoms with Crippen LogP contribution in [0, 0.1) is 0 Å². The number of halogens is 1. The van der Waals surface area contributed by atoms with Gasteiger partial charge in [0.2, 0.25) is 9.84 Å². The zero-order valence-corrected chi connectivity index (χ0v) is 12.0. The Morgan fingerprint density at radius 2 is 2.00 bits per heavy atom. The highest BCUT2D eigenvalue weighted by atomic mass is 79.9. The fourth-order valence-electron chi connectivity index (χ4n) is 1.40. The molecular weight excluding hydrogens is 322 g/mol. The minimum absolute atomic E-state index is 0.287. The molecule has 0 bridgehead atoms. The zero-order valence-electron chi connectivity index (χ0n) is 8.76. The lowest BCUT2D eigenvalue weighted by molar-refractivity contribution is 0.598. The third-order valence-corrected chi connectivity index (χ3v) is 6.12. The first kappa shape index (κ1) is 12.8. The van der Waals surface area contributed by atoms with Crippen LogP contribution in [0.25, 0.3) is 0 Å². The second-order valence-corrected chi connectivity index (χ2v) is 8.05. The van der Waals surface area contributed by atoms with Crippen molar-refractivity contribution in [1.29, 1.82) is 0 Å². The quantitative estimate of drug-likeness (QED) is 0.940. The molecule has 0 saturated carbocycles. The Morgan fingerprint density at radius 3 is 2.59 bits per heavy atom. The van der Waals surface area contributed by atoms with Crippen LogP contribution >= 0.6 is 27.3 Å². The fourth-order valence-corrected chi connectivity index (χ4v) is 4.88. The van der Waals surface area contributed by atoms with Crippen LogP contribution in [0.2, 0.25) is 0 Å². The van der Waals surface area contributed by atoms with Gasteiger partial charge in [-0.15, -0.1) is 11.3 Å². The van der Waals surface area contributed by atoms with Crippen LogP contribution in [0.15, 0.2) is 49.3 Å². The lowest BCUT2D eigenvalue weighted by Crippen LogP contribution is -2.02. The molecular formula is C11H10BrNO2S2. The van der Waals surface area contributed by atoms with E-state index in [1.54, 1.807) is 30.3 Å². The van der Waals surface area contributed by atoms with Crippen LogP contribution in [0.4, 0.5) is 0 Å². The van der Waals surface area contributed by atoms with E-state index in [1.165, 1.54) is 11.3 Å². The predicted molar refractivity (Wildman–Crippen MR) is 71.8 cm³/mol. The van der Waals surface area contributed by atoms with E-state index in [-0.39, 0.29) is 4.90 Å². The molecule has 3 nitrogen and oxygen atoms in total. The molecule has 0 fully saturated rings. The number of rotatable bonds is 3. The van der Waals surface area contributed by atoms with Gasteiger partial charge in [0.05, 0.1) is 8.68 Å². The largest absolute Gasteiger partial charge is 0.326 e. The van der Waals surface area contributed by atoms with E-state index < -0.39 is 9.84 Å². The minimum atomic E-state index is -3.42. The molecule has 2 rings (SSSR count). The topological polar surface area (TPSA) is 60.2 Å². The van der Waals surface area contributed by atoms with Gasteiger partial charge >= 0.3 is 0 Å². The van der Waals surface area contributed by atoms with Gasteiger partial charge in [-0.25, -0.2) is 8.42 Å². The molecule has 1 aromatic heterocycles. The van der Waals surface area contributed by atoms with Crippen molar-refractivity contribution in [3.05, 3.63) is 45.7 Å². The zero-order chi connectivity index (χ0) is 12.5. The molecule has 0 saturated heterocycles. The van der Waals surface area contributed by atoms with Gasteiger partial charge in [-0.3, -0.25) is 0 Å². The van der Waals surface area contributed by atoms with Gasteiger partial charge in [0.25, 0.3) is 0 Å². The lowest BCUT2D eigenvalue weighted by atomic mass is 10.2. The number of hydrogen-bond acceptors (Lipinski definition) is 4. The molecule has 2 N–H and O–H groups in total. The van der Waals surface area contributed by atoms with Gasteiger partial charge in [-0.05, 0) is 45.8 Å². The summed E-state index contributed by atoms with van der Waals surface area (Å²) in [5, 5.41) is 0. The van der Waals surface area contributed by atoms with Crippen molar-refractivity contribution in [2.24, 2.45) is 5.73 Å². The molecule has 2 aromatic rings. The molecule has 0 aliphatic rings. The highest BCUT2D eigenvalue weighted by molar-refractivity contribution is 9.11. The highest BCUT2D eigenvalue weighted by Gasteiger charge is 2.19. The molecule has 0 aliphatic carbocycles. The Kier molecular flexibility index (Phi) is 3.67. The third kappa shape index (κ3) is 2.60. The number of thiophene rings is 1. The van der Waals surface area contributed by atoms with E-state index in [9.17, 15) is 8.42 Å². The van der Waals surface area contributed by atoms with Gasteiger partial charge in [-0.2, -0.15) is 0 Å². The van der Waals surface area contributed by atoms with Crippen molar-refractivity contribution in [2.45, 2.75) is 15.6 Å². The highest BCUT2D eigenvalue weighted by Crippen LogP contribution is 2.30. The third-order valence-electron chi connectivity index (χ3n) is 2.26. The Morgan fingerprint density at radius 1 is 1.24 bits per heavy atom. The molecule has 0 unspecified atom stereocenters. The summed E-state index contributed by atoms with van der Waals surface area (Å²) >= 11 is 4.46. The van der Waals surface area contributed by atoms with E-state index >= 15 is 0 Å². The molecule has 0 spiro atoms. The maximum Gasteiger partial charge on any atom is 0.216 e. The molecule has 0 amide bonds. The summed E-state index contributed by atoms with van der Waals surface area (Å²) in [5.41, 5.74) is 6.31. The summed E-state index contributed by atoms with van der Waals surface area (Å²) in [6.07, 6.45) is 0. The van der Waals surface area contributed by atoms with E-state index in [4.69, 9.17) is 5.73 Å². The molecule has 90 valence electrons. The number of sulfone groups is 1. The molecule has 0 radical (unpaired) electrons. The first-order valence-electron chi connectivity index (χ1n) is 4.83. The number of benzene rings is 1. The maximum atomic E-state index is 12.3. The fraction of sp³-hybridized carbons (Fsp3) is 0.0909. The Balaban J connectivity index is 2.51. The summed E-state index contributed by atoms with van der Waals surface area (Å²) in [5.74, 6) is 0. The SMILES string of the molecule is NCc1cccc(S(=O)(=O)c2ccc(Br)s2)c1. The summed E-state index contributed by atoms with van der Waals surface area (Å²) in [6.45, 7) is 0.331. The van der Waals surface area contributed by atoms with Crippen LogP contribution in [0.5, 0.6) is 0 Å². The molecule has 0 aliphatic heterocycles. The molecule has 17 heavy (non-hydrogen) atoms. The van der Waals surface area contributed by atoms with Crippen molar-refractivity contribution in [3.63, 3.8) is 0 Å². The predicted octanol–water partition coefficient (Wildman–Crippen LogP) is 2.80. The standard InChI is InChI=1S/C11H10BrNO2S2/c12-10-4-5-11(16-10)17(14,15)9-3-1-2-8(6-9)7-13/h1-6H,7,13H2. The Hall–Kier alpha value is -0.690. The number of hydrogen-bond donors (Lipinski definition) is 1. The van der Waals surface area contributed by atoms with E-state index in [0.29, 0.717) is 10.8 Å². The summed E-state index contributed by atoms with van der Waals surface area (Å²) < 4.78 is 25.7. The molecule has 0 atom stereocenters. The van der Waals surface area contributed by atoms with Crippen molar-refractivity contribution >= 4 is 37.1 Å². The van der Waals surface area contributed by atoms with E-state index in [2.05, 4.69) is 15.9 Å². The van der Waals surface area contributed by atoms with Crippen molar-refractivity contribution < 1.29 is 8.42 Å². The summed E-state index contributed by atoms with van der Waals surface area (Å²) in [6, 6.07) is 10.0. The van der Waals surface area contributed by atoms with Gasteiger partial charge in [-0.1, -0.05) is 12.1 Å². The van der Waals surface area contributed by atoms with E-state index in [1.807, 2.05) is 6.07 Å². The van der Waals surface area contributed by atoms with Gasteiger partial charge in [0, 0.05) is 6.54 Å². The van der Waals surface area contributed by atoms with Crippen LogP contribution in [0.1, 0.15) is 5.56 Å². The number of nitrogens with two attached hydrogens (primary N) is 1. The minimum Gasteiger partial charge on any atom is -0.326 e. The average molecular weight is 332 g/mol. The maximum absolute atomic E-state index is 12.3. The van der Waals surface area contributed by atoms with Gasteiger partial charge < -0.3 is 5.73 Å². The van der Waals surface area contributed by atoms with Crippen LogP contribution < -0.4 is 5.73 Å². The van der Waals surface area contributed by atoms with Crippen molar-refractivity contribution in [1.82, 2.24) is 0 Å². The second kappa shape index (κ2) is 4.89. The van der Waals surface area contributed by atoms with Gasteiger partial charge in [0.1, 0.15) is 4.21 Å². The van der Waals surface area contributed by atoms with E-state index in [0.717, 1.165) is 9.35 Å². The smallest absolute Gasteiger partial charge is 0.216 e. The first-order valence-corrected chi connectivity index (χ1v) is 7.93. The van der Waals surface area contributed by atoms with Crippen molar-refractivity contribution in [3.8, 4) is 0 Å². The first-order chi connectivity index (χ1) is 8.04. The molecule has 1 aromatic carbocycles. The van der Waals surface area contributed by atoms with Crippen LogP contribution in [-0.2, 0) is 16.4 Å². The van der Waals surface area contributed by atoms with Crippen LogP contribution in [-0.4, -0.2) is 8.42 Å². The Bertz CT molecular complexity index is 634.